The standard InChI is InChI=1S/C27H24BrCl2N5O4/c1-15-25(28)35-11-5-8-22(26(35)32-15)39-14-19-20(29)9-10-21(24(19)30)34(3)23(37)13-31-27(38)33-18-7-4-6-17(12-18)16(2)36/h4-12H,13-14H2,1-3H3,(H2,31,33,38). The van der Waals surface area contributed by atoms with Gasteiger partial charge in [-0.3, -0.25) is 14.0 Å². The largest absolute Gasteiger partial charge is 0.485 e. The summed E-state index contributed by atoms with van der Waals surface area (Å²) in [6.07, 6.45) is 1.87. The van der Waals surface area contributed by atoms with E-state index in [1.807, 2.05) is 23.6 Å². The molecule has 4 rings (SSSR count). The molecule has 3 amide bonds. The highest BCUT2D eigenvalue weighted by atomic mass is 79.9. The fourth-order valence-corrected chi connectivity index (χ4v) is 4.75. The van der Waals surface area contributed by atoms with Gasteiger partial charge in [0.15, 0.2) is 17.2 Å². The Morgan fingerprint density at radius 2 is 1.90 bits per heavy atom. The number of carbonyl (C=O) groups is 3. The molecule has 0 aliphatic carbocycles. The van der Waals surface area contributed by atoms with E-state index in [2.05, 4.69) is 31.5 Å². The van der Waals surface area contributed by atoms with Gasteiger partial charge in [-0.05, 0) is 66.2 Å². The van der Waals surface area contributed by atoms with Gasteiger partial charge in [0.25, 0.3) is 0 Å². The summed E-state index contributed by atoms with van der Waals surface area (Å²) >= 11 is 16.6. The molecule has 0 saturated heterocycles. The van der Waals surface area contributed by atoms with Crippen LogP contribution in [0.4, 0.5) is 16.2 Å². The molecule has 4 aromatic rings. The zero-order valence-electron chi connectivity index (χ0n) is 21.2. The SMILES string of the molecule is CC(=O)c1cccc(NC(=O)NCC(=O)N(C)c2ccc(Cl)c(COc3cccn4c(Br)c(C)nc34)c2Cl)c1. The number of hydrogen-bond donors (Lipinski definition) is 2. The predicted octanol–water partition coefficient (Wildman–Crippen LogP) is 6.28. The molecular formula is C27H24BrCl2N5O4. The number of hydrogen-bond acceptors (Lipinski definition) is 5. The molecule has 0 bridgehead atoms. The number of fused-ring (bicyclic) bond motifs is 1. The maximum absolute atomic E-state index is 12.9. The number of ether oxygens (including phenoxy) is 1. The fourth-order valence-electron chi connectivity index (χ4n) is 3.77. The van der Waals surface area contributed by atoms with E-state index in [1.165, 1.54) is 11.8 Å². The molecule has 0 aliphatic rings. The molecule has 0 saturated carbocycles. The Kier molecular flexibility index (Phi) is 8.79. The van der Waals surface area contributed by atoms with Crippen molar-refractivity contribution in [2.45, 2.75) is 20.5 Å². The highest BCUT2D eigenvalue weighted by Crippen LogP contribution is 2.35. The number of pyridine rings is 1. The Balaban J connectivity index is 1.42. The van der Waals surface area contributed by atoms with Crippen LogP contribution in [0.2, 0.25) is 10.0 Å². The van der Waals surface area contributed by atoms with Crippen LogP contribution in [-0.4, -0.2) is 40.7 Å². The van der Waals surface area contributed by atoms with E-state index in [9.17, 15) is 14.4 Å². The van der Waals surface area contributed by atoms with Crippen molar-refractivity contribution in [2.75, 3.05) is 23.8 Å². The van der Waals surface area contributed by atoms with Crippen LogP contribution in [0.25, 0.3) is 5.65 Å². The van der Waals surface area contributed by atoms with Crippen LogP contribution in [0.5, 0.6) is 5.75 Å². The fraction of sp³-hybridized carbons (Fsp3) is 0.185. The van der Waals surface area contributed by atoms with Gasteiger partial charge in [-0.1, -0.05) is 35.3 Å². The lowest BCUT2D eigenvalue weighted by Crippen LogP contribution is -2.40. The van der Waals surface area contributed by atoms with Gasteiger partial charge >= 0.3 is 6.03 Å². The summed E-state index contributed by atoms with van der Waals surface area (Å²) in [7, 11) is 1.55. The number of carbonyl (C=O) groups excluding carboxylic acids is 3. The highest BCUT2D eigenvalue weighted by Gasteiger charge is 2.20. The minimum atomic E-state index is -0.594. The molecule has 39 heavy (non-hydrogen) atoms. The number of benzene rings is 2. The molecule has 0 fully saturated rings. The molecular weight excluding hydrogens is 609 g/mol. The van der Waals surface area contributed by atoms with Gasteiger partial charge < -0.3 is 20.3 Å². The summed E-state index contributed by atoms with van der Waals surface area (Å²) in [6.45, 7) is 3.06. The second-order valence-corrected chi connectivity index (χ2v) is 10.1. The molecule has 9 nitrogen and oxygen atoms in total. The van der Waals surface area contributed by atoms with Crippen LogP contribution in [0.3, 0.4) is 0 Å². The van der Waals surface area contributed by atoms with Gasteiger partial charge in [-0.15, -0.1) is 0 Å². The summed E-state index contributed by atoms with van der Waals surface area (Å²) in [6, 6.07) is 12.8. The topological polar surface area (TPSA) is 105 Å². The molecule has 2 aromatic heterocycles. The van der Waals surface area contributed by atoms with E-state index >= 15 is 0 Å². The third-order valence-corrected chi connectivity index (χ3v) is 7.65. The molecule has 2 aromatic carbocycles. The van der Waals surface area contributed by atoms with E-state index < -0.39 is 11.9 Å². The number of urea groups is 1. The molecule has 0 atom stereocenters. The Hall–Kier alpha value is -3.60. The first-order valence-corrected chi connectivity index (χ1v) is 13.3. The lowest BCUT2D eigenvalue weighted by Gasteiger charge is -2.21. The van der Waals surface area contributed by atoms with Gasteiger partial charge in [0.2, 0.25) is 5.91 Å². The average molecular weight is 633 g/mol. The maximum atomic E-state index is 12.9. The number of amides is 3. The van der Waals surface area contributed by atoms with Crippen molar-refractivity contribution in [1.29, 1.82) is 0 Å². The first-order valence-electron chi connectivity index (χ1n) is 11.7. The number of rotatable bonds is 8. The number of aromatic nitrogens is 2. The van der Waals surface area contributed by atoms with Crippen molar-refractivity contribution < 1.29 is 19.1 Å². The van der Waals surface area contributed by atoms with Gasteiger partial charge in [0, 0.05) is 35.1 Å². The third kappa shape index (κ3) is 6.35. The average Bonchev–Trinajstić information content (AvgIpc) is 3.20. The number of anilines is 2. The molecule has 202 valence electrons. The zero-order chi connectivity index (χ0) is 28.3. The van der Waals surface area contributed by atoms with Gasteiger partial charge in [0.05, 0.1) is 22.9 Å². The molecule has 2 heterocycles. The van der Waals surface area contributed by atoms with Crippen LogP contribution in [-0.2, 0) is 11.4 Å². The number of nitrogens with one attached hydrogen (secondary N) is 2. The second-order valence-electron chi connectivity index (χ2n) is 8.60. The number of ketones is 1. The molecule has 0 aliphatic heterocycles. The summed E-state index contributed by atoms with van der Waals surface area (Å²) in [5.74, 6) is 0.000689. The van der Waals surface area contributed by atoms with Crippen LogP contribution in [0.15, 0.2) is 59.3 Å². The van der Waals surface area contributed by atoms with Gasteiger partial charge in [-0.25, -0.2) is 9.78 Å². The molecule has 12 heteroatoms. The van der Waals surface area contributed by atoms with E-state index in [1.54, 1.807) is 49.5 Å². The molecule has 0 unspecified atom stereocenters. The molecule has 0 spiro atoms. The Labute approximate surface area is 243 Å². The maximum Gasteiger partial charge on any atom is 0.319 e. The summed E-state index contributed by atoms with van der Waals surface area (Å²) in [5, 5.41) is 5.74. The van der Waals surface area contributed by atoms with Crippen LogP contribution >= 0.6 is 39.1 Å². The summed E-state index contributed by atoms with van der Waals surface area (Å²) in [4.78, 5) is 42.6. The van der Waals surface area contributed by atoms with E-state index in [0.29, 0.717) is 38.9 Å². The monoisotopic (exact) mass is 631 g/mol. The Morgan fingerprint density at radius 3 is 2.64 bits per heavy atom. The number of nitrogens with zero attached hydrogens (tertiary/aromatic N) is 3. The van der Waals surface area contributed by atoms with Crippen molar-refractivity contribution in [3.8, 4) is 5.75 Å². The predicted molar refractivity (Wildman–Crippen MR) is 155 cm³/mol. The van der Waals surface area contributed by atoms with Crippen molar-refractivity contribution in [1.82, 2.24) is 14.7 Å². The number of imidazole rings is 1. The smallest absolute Gasteiger partial charge is 0.319 e. The minimum Gasteiger partial charge on any atom is -0.485 e. The second kappa shape index (κ2) is 12.1. The first kappa shape index (κ1) is 28.4. The quantitative estimate of drug-likeness (QED) is 0.223. The van der Waals surface area contributed by atoms with E-state index in [0.717, 1.165) is 10.3 Å². The third-order valence-electron chi connectivity index (χ3n) is 5.92. The zero-order valence-corrected chi connectivity index (χ0v) is 24.3. The van der Waals surface area contributed by atoms with E-state index in [-0.39, 0.29) is 24.0 Å². The summed E-state index contributed by atoms with van der Waals surface area (Å²) in [5.41, 5.74) is 3.24. The number of halogens is 3. The first-order chi connectivity index (χ1) is 18.6. The van der Waals surface area contributed by atoms with Crippen molar-refractivity contribution >= 4 is 73.9 Å². The van der Waals surface area contributed by atoms with E-state index in [4.69, 9.17) is 27.9 Å². The van der Waals surface area contributed by atoms with Crippen molar-refractivity contribution in [2.24, 2.45) is 0 Å². The normalized spacial score (nSPS) is 10.8. The highest BCUT2D eigenvalue weighted by molar-refractivity contribution is 9.10. The van der Waals surface area contributed by atoms with Gasteiger partial charge in [-0.2, -0.15) is 0 Å². The molecule has 2 N–H and O–H groups in total. The van der Waals surface area contributed by atoms with Crippen molar-refractivity contribution in [3.05, 3.63) is 86.2 Å². The Morgan fingerprint density at radius 1 is 1.13 bits per heavy atom. The number of likely N-dealkylation sites (N-methyl/N-ethyl adjacent to an activating group) is 1. The van der Waals surface area contributed by atoms with Gasteiger partial charge in [0.1, 0.15) is 11.2 Å². The lowest BCUT2D eigenvalue weighted by atomic mass is 10.1. The van der Waals surface area contributed by atoms with Crippen LogP contribution in [0.1, 0.15) is 28.5 Å². The van der Waals surface area contributed by atoms with Crippen molar-refractivity contribution in [3.63, 3.8) is 0 Å². The number of Topliss-reactive ketones (excluding diaryl/α,β-unsaturated/α-hetero) is 1. The minimum absolute atomic E-state index is 0.0384. The van der Waals surface area contributed by atoms with Crippen LogP contribution in [0, 0.1) is 6.92 Å². The van der Waals surface area contributed by atoms with Crippen LogP contribution < -0.4 is 20.3 Å². The summed E-state index contributed by atoms with van der Waals surface area (Å²) < 4.78 is 8.71. The number of aryl methyl sites for hydroxylation is 1. The molecule has 0 radical (unpaired) electrons. The lowest BCUT2D eigenvalue weighted by molar-refractivity contribution is -0.117. The Bertz CT molecular complexity index is 1590.